The highest BCUT2D eigenvalue weighted by Crippen LogP contribution is 2.17. The van der Waals surface area contributed by atoms with Crippen LogP contribution in [0.1, 0.15) is 32.8 Å². The molecule has 0 aliphatic heterocycles. The Balaban J connectivity index is 2.17. The van der Waals surface area contributed by atoms with Gasteiger partial charge in [-0.25, -0.2) is 0 Å². The quantitative estimate of drug-likeness (QED) is 0.452. The van der Waals surface area contributed by atoms with Crippen LogP contribution >= 0.6 is 0 Å². The molecule has 4 nitrogen and oxygen atoms in total. The monoisotopic (exact) mass is 264 g/mol. The summed E-state index contributed by atoms with van der Waals surface area (Å²) in [6.45, 7) is 8.47. The van der Waals surface area contributed by atoms with Crippen molar-refractivity contribution < 1.29 is 9.47 Å². The third kappa shape index (κ3) is 6.82. The van der Waals surface area contributed by atoms with Gasteiger partial charge in [0.05, 0.1) is 6.61 Å². The van der Waals surface area contributed by atoms with E-state index in [-0.39, 0.29) is 5.84 Å². The van der Waals surface area contributed by atoms with Gasteiger partial charge in [-0.15, -0.1) is 0 Å². The topological polar surface area (TPSA) is 68.3 Å². The van der Waals surface area contributed by atoms with Crippen LogP contribution in [0.15, 0.2) is 24.3 Å². The maximum atomic E-state index is 7.29. The van der Waals surface area contributed by atoms with Crippen molar-refractivity contribution in [1.82, 2.24) is 0 Å². The number of nitrogens with one attached hydrogen (secondary N) is 1. The molecule has 0 atom stereocenters. The molecule has 0 amide bonds. The summed E-state index contributed by atoms with van der Waals surface area (Å²) in [5, 5.41) is 7.29. The van der Waals surface area contributed by atoms with Gasteiger partial charge in [0, 0.05) is 12.2 Å². The Kier molecular flexibility index (Phi) is 5.83. The van der Waals surface area contributed by atoms with E-state index in [1.165, 1.54) is 0 Å². The third-order valence-corrected chi connectivity index (χ3v) is 2.66. The number of benzene rings is 1. The molecular formula is C15H24N2O2. The van der Waals surface area contributed by atoms with E-state index in [9.17, 15) is 0 Å². The van der Waals surface area contributed by atoms with Crippen molar-refractivity contribution in [3.63, 3.8) is 0 Å². The average molecular weight is 264 g/mol. The molecule has 106 valence electrons. The third-order valence-electron chi connectivity index (χ3n) is 2.66. The van der Waals surface area contributed by atoms with Crippen LogP contribution in [-0.2, 0) is 4.74 Å². The van der Waals surface area contributed by atoms with Crippen molar-refractivity contribution in [2.45, 2.75) is 27.2 Å². The zero-order valence-corrected chi connectivity index (χ0v) is 12.0. The van der Waals surface area contributed by atoms with Gasteiger partial charge in [-0.2, -0.15) is 0 Å². The zero-order valence-electron chi connectivity index (χ0n) is 12.0. The van der Waals surface area contributed by atoms with E-state index in [0.717, 1.165) is 18.8 Å². The lowest BCUT2D eigenvalue weighted by molar-refractivity contribution is 0.0818. The van der Waals surface area contributed by atoms with Crippen molar-refractivity contribution in [3.8, 4) is 5.75 Å². The van der Waals surface area contributed by atoms with Gasteiger partial charge >= 0.3 is 0 Å². The summed E-state index contributed by atoms with van der Waals surface area (Å²) in [4.78, 5) is 0. The van der Waals surface area contributed by atoms with Crippen LogP contribution in [-0.4, -0.2) is 25.7 Å². The first-order valence-corrected chi connectivity index (χ1v) is 6.53. The normalized spacial score (nSPS) is 11.3. The molecule has 0 heterocycles. The van der Waals surface area contributed by atoms with Crippen LogP contribution in [0.3, 0.4) is 0 Å². The van der Waals surface area contributed by atoms with E-state index >= 15 is 0 Å². The summed E-state index contributed by atoms with van der Waals surface area (Å²) in [5.74, 6) is 0.835. The minimum absolute atomic E-state index is 0.0667. The number of nitrogen functional groups attached to an aromatic ring is 1. The van der Waals surface area contributed by atoms with Crippen molar-refractivity contribution in [3.05, 3.63) is 29.8 Å². The second-order valence-corrected chi connectivity index (χ2v) is 5.71. The number of hydrogen-bond donors (Lipinski definition) is 2. The molecule has 19 heavy (non-hydrogen) atoms. The van der Waals surface area contributed by atoms with E-state index in [1.807, 2.05) is 12.1 Å². The van der Waals surface area contributed by atoms with Crippen LogP contribution in [0.25, 0.3) is 0 Å². The van der Waals surface area contributed by atoms with E-state index < -0.39 is 0 Å². The molecule has 0 aliphatic carbocycles. The molecule has 0 bridgehead atoms. The first-order valence-electron chi connectivity index (χ1n) is 6.53. The molecule has 0 aromatic heterocycles. The van der Waals surface area contributed by atoms with E-state index in [0.29, 0.717) is 24.2 Å². The second-order valence-electron chi connectivity index (χ2n) is 5.71. The maximum Gasteiger partial charge on any atom is 0.122 e. The first kappa shape index (κ1) is 15.5. The molecule has 4 heteroatoms. The lowest BCUT2D eigenvalue weighted by atomic mass is 9.93. The Morgan fingerprint density at radius 2 is 1.74 bits per heavy atom. The molecule has 0 unspecified atom stereocenters. The Hall–Kier alpha value is -1.55. The predicted molar refractivity (Wildman–Crippen MR) is 77.8 cm³/mol. The minimum atomic E-state index is 0.0667. The minimum Gasteiger partial charge on any atom is -0.491 e. The van der Waals surface area contributed by atoms with Gasteiger partial charge < -0.3 is 15.2 Å². The summed E-state index contributed by atoms with van der Waals surface area (Å²) in [6.07, 6.45) is 1.04. The fourth-order valence-corrected chi connectivity index (χ4v) is 1.43. The predicted octanol–water partition coefficient (Wildman–Crippen LogP) is 2.80. The average Bonchev–Trinajstić information content (AvgIpc) is 2.33. The second kappa shape index (κ2) is 7.14. The van der Waals surface area contributed by atoms with E-state index in [2.05, 4.69) is 20.8 Å². The summed E-state index contributed by atoms with van der Waals surface area (Å²) in [5.41, 5.74) is 6.39. The number of nitrogens with two attached hydrogens (primary N) is 1. The zero-order chi connectivity index (χ0) is 14.3. The van der Waals surface area contributed by atoms with Crippen molar-refractivity contribution in [2.24, 2.45) is 11.1 Å². The van der Waals surface area contributed by atoms with Gasteiger partial charge in [-0.1, -0.05) is 20.8 Å². The standard InChI is InChI=1S/C15H24N2O2/c1-15(2,3)8-9-18-10-11-19-13-6-4-12(5-7-13)14(16)17/h4-7H,8-11H2,1-3H3,(H3,16,17). The summed E-state index contributed by atoms with van der Waals surface area (Å²) in [6, 6.07) is 7.17. The van der Waals surface area contributed by atoms with Gasteiger partial charge in [0.25, 0.3) is 0 Å². The van der Waals surface area contributed by atoms with Gasteiger partial charge in [-0.3, -0.25) is 5.41 Å². The molecule has 0 fully saturated rings. The van der Waals surface area contributed by atoms with Gasteiger partial charge in [0.1, 0.15) is 18.2 Å². The molecule has 0 saturated carbocycles. The highest BCUT2D eigenvalue weighted by Gasteiger charge is 2.09. The molecule has 1 aromatic carbocycles. The van der Waals surface area contributed by atoms with Crippen LogP contribution in [0.4, 0.5) is 0 Å². The summed E-state index contributed by atoms with van der Waals surface area (Å²) < 4.78 is 11.1. The highest BCUT2D eigenvalue weighted by molar-refractivity contribution is 5.94. The fourth-order valence-electron chi connectivity index (χ4n) is 1.43. The summed E-state index contributed by atoms with van der Waals surface area (Å²) >= 11 is 0. The largest absolute Gasteiger partial charge is 0.491 e. The van der Waals surface area contributed by atoms with Crippen molar-refractivity contribution in [2.75, 3.05) is 19.8 Å². The van der Waals surface area contributed by atoms with Gasteiger partial charge in [0.2, 0.25) is 0 Å². The van der Waals surface area contributed by atoms with E-state index in [4.69, 9.17) is 20.6 Å². The lowest BCUT2D eigenvalue weighted by Crippen LogP contribution is -2.13. The molecule has 0 aliphatic rings. The van der Waals surface area contributed by atoms with Crippen molar-refractivity contribution >= 4 is 5.84 Å². The smallest absolute Gasteiger partial charge is 0.122 e. The molecule has 0 spiro atoms. The molecular weight excluding hydrogens is 240 g/mol. The Morgan fingerprint density at radius 3 is 2.26 bits per heavy atom. The number of ether oxygens (including phenoxy) is 2. The maximum absolute atomic E-state index is 7.29. The molecule has 0 saturated heterocycles. The van der Waals surface area contributed by atoms with Crippen LogP contribution < -0.4 is 10.5 Å². The van der Waals surface area contributed by atoms with Crippen LogP contribution in [0.2, 0.25) is 0 Å². The van der Waals surface area contributed by atoms with Crippen LogP contribution in [0.5, 0.6) is 5.75 Å². The number of hydrogen-bond acceptors (Lipinski definition) is 3. The molecule has 0 radical (unpaired) electrons. The van der Waals surface area contributed by atoms with Gasteiger partial charge in [0.15, 0.2) is 0 Å². The van der Waals surface area contributed by atoms with Crippen LogP contribution in [0, 0.1) is 10.8 Å². The fraction of sp³-hybridized carbons (Fsp3) is 0.533. The Morgan fingerprint density at radius 1 is 1.11 bits per heavy atom. The Bertz CT molecular complexity index is 394. The van der Waals surface area contributed by atoms with Gasteiger partial charge in [-0.05, 0) is 36.1 Å². The number of rotatable bonds is 7. The molecule has 3 N–H and O–H groups in total. The number of amidine groups is 1. The lowest BCUT2D eigenvalue weighted by Gasteiger charge is -2.17. The molecule has 1 rings (SSSR count). The highest BCUT2D eigenvalue weighted by atomic mass is 16.5. The first-order chi connectivity index (χ1) is 8.88. The van der Waals surface area contributed by atoms with Crippen molar-refractivity contribution in [1.29, 1.82) is 5.41 Å². The molecule has 1 aromatic rings. The summed E-state index contributed by atoms with van der Waals surface area (Å²) in [7, 11) is 0. The van der Waals surface area contributed by atoms with E-state index in [1.54, 1.807) is 12.1 Å². The Labute approximate surface area is 115 Å². The SMILES string of the molecule is CC(C)(C)CCOCCOc1ccc(C(=N)N)cc1.